The van der Waals surface area contributed by atoms with E-state index in [1.165, 1.54) is 20.4 Å². The summed E-state index contributed by atoms with van der Waals surface area (Å²) >= 11 is 0. The number of amides is 4. The van der Waals surface area contributed by atoms with Crippen LogP contribution in [0.1, 0.15) is 47.5 Å². The Balaban J connectivity index is 1.58. The summed E-state index contributed by atoms with van der Waals surface area (Å²) in [5.74, 6) is -0.208. The molecule has 4 amide bonds. The minimum absolute atomic E-state index is 0.161. The van der Waals surface area contributed by atoms with Crippen molar-refractivity contribution in [2.45, 2.75) is 65.6 Å². The van der Waals surface area contributed by atoms with Gasteiger partial charge in [0.2, 0.25) is 23.6 Å². The number of likely N-dealkylation sites (N-methyl/N-ethyl adjacent to an activating group) is 1. The zero-order valence-corrected chi connectivity index (χ0v) is 26.8. The van der Waals surface area contributed by atoms with Crippen molar-refractivity contribution in [1.82, 2.24) is 25.5 Å². The Labute approximate surface area is 262 Å². The molecule has 0 radical (unpaired) electrons. The van der Waals surface area contributed by atoms with Crippen LogP contribution in [0.25, 0.3) is 10.9 Å². The zero-order valence-electron chi connectivity index (χ0n) is 26.8. The van der Waals surface area contributed by atoms with Gasteiger partial charge in [-0.1, -0.05) is 20.8 Å². The number of fused-ring (bicyclic) bond motifs is 1. The van der Waals surface area contributed by atoms with Gasteiger partial charge in [0.05, 0.1) is 24.4 Å². The third-order valence-corrected chi connectivity index (χ3v) is 7.75. The van der Waals surface area contributed by atoms with Gasteiger partial charge in [0.1, 0.15) is 30.0 Å². The lowest BCUT2D eigenvalue weighted by molar-refractivity contribution is -0.143. The van der Waals surface area contributed by atoms with Crippen molar-refractivity contribution in [2.75, 3.05) is 36.7 Å². The van der Waals surface area contributed by atoms with Crippen molar-refractivity contribution in [3.63, 3.8) is 0 Å². The Bertz CT molecular complexity index is 1570. The normalized spacial score (nSPS) is 16.1. The number of carbonyl (C=O) groups is 4. The highest BCUT2D eigenvalue weighted by atomic mass is 16.5. The molecule has 240 valence electrons. The zero-order chi connectivity index (χ0) is 32.9. The molecule has 0 saturated carbocycles. The quantitative estimate of drug-likeness (QED) is 0.229. The predicted octanol–water partition coefficient (Wildman–Crippen LogP) is 3.41. The Morgan fingerprint density at radius 3 is 2.33 bits per heavy atom. The summed E-state index contributed by atoms with van der Waals surface area (Å²) < 4.78 is 5.59. The van der Waals surface area contributed by atoms with Crippen LogP contribution in [0.15, 0.2) is 42.7 Å². The molecule has 0 bridgehead atoms. The van der Waals surface area contributed by atoms with E-state index < -0.39 is 23.5 Å². The lowest BCUT2D eigenvalue weighted by atomic mass is 9.85. The maximum Gasteiger partial charge on any atom is 0.247 e. The number of carbonyl (C=O) groups excluding carboxylic acids is 4. The first-order valence-corrected chi connectivity index (χ1v) is 14.9. The second-order valence-corrected chi connectivity index (χ2v) is 12.2. The molecule has 3 atom stereocenters. The van der Waals surface area contributed by atoms with E-state index in [1.54, 1.807) is 43.1 Å². The van der Waals surface area contributed by atoms with Crippen LogP contribution in [0.2, 0.25) is 0 Å². The summed E-state index contributed by atoms with van der Waals surface area (Å²) in [6.45, 7) is 9.22. The van der Waals surface area contributed by atoms with Crippen LogP contribution in [-0.2, 0) is 19.2 Å². The lowest BCUT2D eigenvalue weighted by Crippen LogP contribution is -2.59. The Morgan fingerprint density at radius 2 is 1.71 bits per heavy atom. The molecule has 1 aliphatic rings. The van der Waals surface area contributed by atoms with E-state index in [1.807, 2.05) is 32.9 Å². The predicted molar refractivity (Wildman–Crippen MR) is 173 cm³/mol. The van der Waals surface area contributed by atoms with Crippen molar-refractivity contribution < 1.29 is 23.9 Å². The van der Waals surface area contributed by atoms with Gasteiger partial charge in [-0.3, -0.25) is 19.2 Å². The first-order valence-electron chi connectivity index (χ1n) is 14.9. The van der Waals surface area contributed by atoms with E-state index in [0.717, 1.165) is 5.69 Å². The van der Waals surface area contributed by atoms with Crippen LogP contribution in [0, 0.1) is 5.41 Å². The van der Waals surface area contributed by atoms with E-state index in [-0.39, 0.29) is 23.6 Å². The van der Waals surface area contributed by atoms with E-state index in [0.29, 0.717) is 53.2 Å². The van der Waals surface area contributed by atoms with Gasteiger partial charge in [0, 0.05) is 36.3 Å². The summed E-state index contributed by atoms with van der Waals surface area (Å²) in [5, 5.41) is 15.4. The third kappa shape index (κ3) is 7.85. The van der Waals surface area contributed by atoms with E-state index in [9.17, 15) is 19.2 Å². The maximum atomic E-state index is 13.8. The van der Waals surface area contributed by atoms with Crippen LogP contribution in [0.3, 0.4) is 0 Å². The fourth-order valence-electron chi connectivity index (χ4n) is 5.16. The van der Waals surface area contributed by atoms with E-state index in [4.69, 9.17) is 4.74 Å². The van der Waals surface area contributed by atoms with Gasteiger partial charge in [-0.25, -0.2) is 9.97 Å². The molecular formula is C32H42N8O5. The summed E-state index contributed by atoms with van der Waals surface area (Å²) in [6, 6.07) is 8.58. The average Bonchev–Trinajstić information content (AvgIpc) is 3.49. The van der Waals surface area contributed by atoms with Gasteiger partial charge in [-0.2, -0.15) is 0 Å². The summed E-state index contributed by atoms with van der Waals surface area (Å²) in [6.07, 6.45) is 2.56. The standard InChI is InChI=1S/C32H42N8O5/c1-18(33-6)29(42)39-27(32(3,4)5)31(44)40-14-8-9-25(40)30(43)38-24-15-22-23(16-26(24)45-7)34-17-35-28(22)37-21-12-10-20(11-13-21)36-19(2)41/h10-13,15-18,25,27,33H,8-9,14H2,1-7H3,(H,36,41)(H,38,43)(H,39,42)(H,34,35,37). The number of nitrogens with one attached hydrogen (secondary N) is 5. The number of likely N-dealkylation sites (tertiary alicyclic amines) is 1. The lowest BCUT2D eigenvalue weighted by Gasteiger charge is -2.36. The van der Waals surface area contributed by atoms with Crippen molar-refractivity contribution in [3.05, 3.63) is 42.7 Å². The van der Waals surface area contributed by atoms with E-state index >= 15 is 0 Å². The molecule has 0 spiro atoms. The molecule has 3 aromatic rings. The monoisotopic (exact) mass is 618 g/mol. The number of nitrogens with zero attached hydrogens (tertiary/aromatic N) is 3. The maximum absolute atomic E-state index is 13.8. The molecule has 13 nitrogen and oxygen atoms in total. The first-order chi connectivity index (χ1) is 21.3. The molecule has 1 fully saturated rings. The van der Waals surface area contributed by atoms with Crippen molar-refractivity contribution >= 4 is 57.4 Å². The molecule has 2 heterocycles. The second kappa shape index (κ2) is 13.9. The number of methoxy groups -OCH3 is 1. The van der Waals surface area contributed by atoms with Crippen LogP contribution in [-0.4, -0.2) is 77.3 Å². The number of benzene rings is 2. The molecule has 2 aromatic carbocycles. The molecule has 3 unspecified atom stereocenters. The Morgan fingerprint density at radius 1 is 1.02 bits per heavy atom. The van der Waals surface area contributed by atoms with Gasteiger partial charge in [0.25, 0.3) is 0 Å². The Kier molecular flexibility index (Phi) is 10.2. The van der Waals surface area contributed by atoms with Gasteiger partial charge in [-0.05, 0) is 62.6 Å². The van der Waals surface area contributed by atoms with Gasteiger partial charge < -0.3 is 36.2 Å². The molecule has 13 heteroatoms. The fraction of sp³-hybridized carbons (Fsp3) is 0.438. The fourth-order valence-corrected chi connectivity index (χ4v) is 5.16. The second-order valence-electron chi connectivity index (χ2n) is 12.2. The van der Waals surface area contributed by atoms with Crippen molar-refractivity contribution in [3.8, 4) is 5.75 Å². The molecular weight excluding hydrogens is 576 g/mol. The SMILES string of the molecule is CNC(C)C(=O)NC(C(=O)N1CCCC1C(=O)Nc1cc2c(Nc3ccc(NC(C)=O)cc3)ncnc2cc1OC)C(C)(C)C. The van der Waals surface area contributed by atoms with Crippen LogP contribution in [0.4, 0.5) is 22.9 Å². The highest BCUT2D eigenvalue weighted by Crippen LogP contribution is 2.34. The number of rotatable bonds is 10. The summed E-state index contributed by atoms with van der Waals surface area (Å²) in [5.41, 5.74) is 1.80. The summed E-state index contributed by atoms with van der Waals surface area (Å²) in [7, 11) is 3.18. The minimum Gasteiger partial charge on any atom is -0.494 e. The number of ether oxygens (including phenoxy) is 1. The van der Waals surface area contributed by atoms with Crippen molar-refractivity contribution in [2.24, 2.45) is 5.41 Å². The number of anilines is 4. The molecule has 45 heavy (non-hydrogen) atoms. The third-order valence-electron chi connectivity index (χ3n) is 7.75. The highest BCUT2D eigenvalue weighted by Gasteiger charge is 2.42. The molecule has 4 rings (SSSR count). The number of hydrogen-bond acceptors (Lipinski definition) is 9. The molecule has 5 N–H and O–H groups in total. The minimum atomic E-state index is -0.817. The van der Waals surface area contributed by atoms with Crippen LogP contribution < -0.4 is 31.3 Å². The van der Waals surface area contributed by atoms with Crippen LogP contribution >= 0.6 is 0 Å². The molecule has 0 aliphatic carbocycles. The van der Waals surface area contributed by atoms with Crippen LogP contribution in [0.5, 0.6) is 5.75 Å². The molecule has 1 aromatic heterocycles. The largest absolute Gasteiger partial charge is 0.494 e. The topological polar surface area (TPSA) is 167 Å². The molecule has 1 saturated heterocycles. The molecule has 1 aliphatic heterocycles. The van der Waals surface area contributed by atoms with Gasteiger partial charge in [0.15, 0.2) is 0 Å². The van der Waals surface area contributed by atoms with Gasteiger partial charge in [-0.15, -0.1) is 0 Å². The highest BCUT2D eigenvalue weighted by molar-refractivity contribution is 6.03. The first kappa shape index (κ1) is 33.1. The van der Waals surface area contributed by atoms with Gasteiger partial charge >= 0.3 is 0 Å². The van der Waals surface area contributed by atoms with E-state index in [2.05, 4.69) is 36.6 Å². The average molecular weight is 619 g/mol. The smallest absolute Gasteiger partial charge is 0.247 e. The number of hydrogen-bond donors (Lipinski definition) is 5. The van der Waals surface area contributed by atoms with Crippen molar-refractivity contribution in [1.29, 1.82) is 0 Å². The Hall–Kier alpha value is -4.78. The number of aromatic nitrogens is 2. The summed E-state index contributed by atoms with van der Waals surface area (Å²) in [4.78, 5) is 62.0.